The zero-order valence-corrected chi connectivity index (χ0v) is 13.7. The van der Waals surface area contributed by atoms with Crippen LogP contribution in [0.25, 0.3) is 0 Å². The summed E-state index contributed by atoms with van der Waals surface area (Å²) < 4.78 is 5.79. The number of rotatable bonds is 4. The first-order valence-corrected chi connectivity index (χ1v) is 7.94. The van der Waals surface area contributed by atoms with Crippen LogP contribution in [-0.4, -0.2) is 55.4 Å². The fourth-order valence-electron chi connectivity index (χ4n) is 2.79. The van der Waals surface area contributed by atoms with Gasteiger partial charge in [-0.15, -0.1) is 0 Å². The minimum absolute atomic E-state index is 0.393. The van der Waals surface area contributed by atoms with Crippen LogP contribution in [0.5, 0.6) is 0 Å². The van der Waals surface area contributed by atoms with Crippen molar-refractivity contribution in [3.63, 3.8) is 0 Å². The molecule has 122 valence electrons. The fraction of sp³-hybridized carbons (Fsp3) is 0.471. The van der Waals surface area contributed by atoms with Gasteiger partial charge in [0.2, 0.25) is 0 Å². The zero-order valence-electron chi connectivity index (χ0n) is 13.7. The average Bonchev–Trinajstić information content (AvgIpc) is 2.81. The summed E-state index contributed by atoms with van der Waals surface area (Å²) in [6, 6.07) is 8.07. The first-order chi connectivity index (χ1) is 11.2. The summed E-state index contributed by atoms with van der Waals surface area (Å²) in [5.41, 5.74) is 1.06. The molecule has 0 radical (unpaired) electrons. The molecule has 1 aliphatic heterocycles. The van der Waals surface area contributed by atoms with E-state index in [1.807, 2.05) is 37.3 Å². The number of pyridine rings is 1. The highest BCUT2D eigenvalue weighted by Crippen LogP contribution is 2.18. The minimum atomic E-state index is 0.393. The van der Waals surface area contributed by atoms with Crippen LogP contribution in [0.15, 0.2) is 36.8 Å². The summed E-state index contributed by atoms with van der Waals surface area (Å²) >= 11 is 0. The second kappa shape index (κ2) is 7.37. The number of aromatic nitrogens is 3. The Morgan fingerprint density at radius 2 is 2.17 bits per heavy atom. The van der Waals surface area contributed by atoms with Crippen LogP contribution in [0.4, 0.5) is 11.6 Å². The van der Waals surface area contributed by atoms with Crippen molar-refractivity contribution >= 4 is 11.6 Å². The van der Waals surface area contributed by atoms with E-state index in [0.717, 1.165) is 50.1 Å². The van der Waals surface area contributed by atoms with Gasteiger partial charge in [-0.3, -0.25) is 0 Å². The third kappa shape index (κ3) is 4.16. The van der Waals surface area contributed by atoms with Gasteiger partial charge in [0, 0.05) is 51.1 Å². The average molecular weight is 313 g/mol. The van der Waals surface area contributed by atoms with E-state index in [-0.39, 0.29) is 0 Å². The molecule has 1 aliphatic rings. The van der Waals surface area contributed by atoms with Crippen LogP contribution >= 0.6 is 0 Å². The molecule has 0 aromatic carbocycles. The second-order valence-electron chi connectivity index (χ2n) is 6.04. The Morgan fingerprint density at radius 1 is 1.26 bits per heavy atom. The highest BCUT2D eigenvalue weighted by Gasteiger charge is 2.20. The van der Waals surface area contributed by atoms with Crippen molar-refractivity contribution in [2.24, 2.45) is 5.92 Å². The van der Waals surface area contributed by atoms with Crippen LogP contribution in [0, 0.1) is 5.92 Å². The zero-order chi connectivity index (χ0) is 16.1. The van der Waals surface area contributed by atoms with Crippen molar-refractivity contribution in [3.8, 4) is 0 Å². The molecule has 1 saturated heterocycles. The van der Waals surface area contributed by atoms with Crippen molar-refractivity contribution < 1.29 is 4.74 Å². The van der Waals surface area contributed by atoms with E-state index in [2.05, 4.69) is 32.0 Å². The number of anilines is 2. The van der Waals surface area contributed by atoms with Crippen molar-refractivity contribution in [1.82, 2.24) is 15.0 Å². The molecular weight excluding hydrogens is 290 g/mol. The van der Waals surface area contributed by atoms with Crippen LogP contribution in [0.1, 0.15) is 5.69 Å². The lowest BCUT2D eigenvalue weighted by Crippen LogP contribution is -2.31. The largest absolute Gasteiger partial charge is 0.379 e. The van der Waals surface area contributed by atoms with Gasteiger partial charge >= 0.3 is 0 Å². The third-order valence-corrected chi connectivity index (χ3v) is 3.98. The van der Waals surface area contributed by atoms with E-state index >= 15 is 0 Å². The smallest absolute Gasteiger partial charge is 0.131 e. The number of ether oxygens (including phenoxy) is 1. The van der Waals surface area contributed by atoms with Gasteiger partial charge in [-0.1, -0.05) is 6.07 Å². The van der Waals surface area contributed by atoms with Crippen molar-refractivity contribution in [3.05, 3.63) is 42.5 Å². The van der Waals surface area contributed by atoms with E-state index in [1.165, 1.54) is 0 Å². The lowest BCUT2D eigenvalue weighted by molar-refractivity contribution is 0.123. The van der Waals surface area contributed by atoms with E-state index in [1.54, 1.807) is 6.33 Å². The molecule has 0 bridgehead atoms. The topological polar surface area (TPSA) is 54.4 Å². The van der Waals surface area contributed by atoms with Gasteiger partial charge in [-0.05, 0) is 18.6 Å². The third-order valence-electron chi connectivity index (χ3n) is 3.98. The predicted octanol–water partition coefficient (Wildman–Crippen LogP) is 1.63. The quantitative estimate of drug-likeness (QED) is 0.855. The van der Waals surface area contributed by atoms with Gasteiger partial charge in [-0.25, -0.2) is 15.0 Å². The Morgan fingerprint density at radius 3 is 2.96 bits per heavy atom. The fourth-order valence-corrected chi connectivity index (χ4v) is 2.79. The molecule has 1 atom stereocenters. The van der Waals surface area contributed by atoms with E-state index in [0.29, 0.717) is 5.92 Å². The monoisotopic (exact) mass is 313 g/mol. The molecule has 0 aliphatic carbocycles. The summed E-state index contributed by atoms with van der Waals surface area (Å²) in [6.07, 6.45) is 4.36. The van der Waals surface area contributed by atoms with Gasteiger partial charge in [0.15, 0.2) is 0 Å². The molecule has 6 heteroatoms. The number of hydrogen-bond donors (Lipinski definition) is 0. The molecular formula is C17H23N5O. The van der Waals surface area contributed by atoms with E-state index in [4.69, 9.17) is 4.74 Å². The molecule has 0 saturated carbocycles. The maximum Gasteiger partial charge on any atom is 0.131 e. The summed E-state index contributed by atoms with van der Waals surface area (Å²) in [5, 5.41) is 0. The first-order valence-electron chi connectivity index (χ1n) is 7.94. The Labute approximate surface area is 137 Å². The van der Waals surface area contributed by atoms with Crippen LogP contribution in [0.2, 0.25) is 0 Å². The Hall–Kier alpha value is -2.21. The molecule has 6 nitrogen and oxygen atoms in total. The highest BCUT2D eigenvalue weighted by atomic mass is 16.5. The normalized spacial score (nSPS) is 18.5. The van der Waals surface area contributed by atoms with Crippen molar-refractivity contribution in [2.75, 3.05) is 50.2 Å². The van der Waals surface area contributed by atoms with Crippen molar-refractivity contribution in [2.45, 2.75) is 6.42 Å². The number of hydrogen-bond acceptors (Lipinski definition) is 6. The summed E-state index contributed by atoms with van der Waals surface area (Å²) in [4.78, 5) is 17.4. The summed E-state index contributed by atoms with van der Waals surface area (Å²) in [7, 11) is 3.98. The molecule has 3 heterocycles. The Bertz CT molecular complexity index is 619. The molecule has 0 amide bonds. The summed E-state index contributed by atoms with van der Waals surface area (Å²) in [5.74, 6) is 2.34. The molecule has 2 aromatic heterocycles. The first kappa shape index (κ1) is 15.7. The molecule has 1 fully saturated rings. The second-order valence-corrected chi connectivity index (χ2v) is 6.04. The van der Waals surface area contributed by atoms with Crippen molar-refractivity contribution in [1.29, 1.82) is 0 Å². The summed E-state index contributed by atoms with van der Waals surface area (Å²) in [6.45, 7) is 3.29. The molecule has 3 rings (SSSR count). The number of nitrogens with zero attached hydrogens (tertiary/aromatic N) is 5. The molecule has 2 aromatic rings. The van der Waals surface area contributed by atoms with E-state index in [9.17, 15) is 0 Å². The predicted molar refractivity (Wildman–Crippen MR) is 90.8 cm³/mol. The van der Waals surface area contributed by atoms with Crippen LogP contribution in [-0.2, 0) is 11.2 Å². The van der Waals surface area contributed by atoms with Gasteiger partial charge in [0.05, 0.1) is 13.2 Å². The molecule has 1 unspecified atom stereocenters. The molecule has 0 spiro atoms. The minimum Gasteiger partial charge on any atom is -0.379 e. The maximum absolute atomic E-state index is 5.79. The van der Waals surface area contributed by atoms with Crippen LogP contribution in [0.3, 0.4) is 0 Å². The standard InChI is InChI=1S/C17H23N5O/c1-21(2)17-10-15(19-13-20-17)9-14-11-22(7-8-23-12-14)16-5-3-4-6-18-16/h3-6,10,13-14H,7-9,11-12H2,1-2H3. The molecule has 0 N–H and O–H groups in total. The maximum atomic E-state index is 5.79. The van der Waals surface area contributed by atoms with Gasteiger partial charge in [0.25, 0.3) is 0 Å². The van der Waals surface area contributed by atoms with Gasteiger partial charge in [0.1, 0.15) is 18.0 Å². The van der Waals surface area contributed by atoms with Crippen LogP contribution < -0.4 is 9.80 Å². The highest BCUT2D eigenvalue weighted by molar-refractivity contribution is 5.39. The Balaban J connectivity index is 1.70. The van der Waals surface area contributed by atoms with Gasteiger partial charge < -0.3 is 14.5 Å². The van der Waals surface area contributed by atoms with E-state index < -0.39 is 0 Å². The molecule has 23 heavy (non-hydrogen) atoms. The SMILES string of the molecule is CN(C)c1cc(CC2COCCN(c3ccccn3)C2)ncn1. The van der Waals surface area contributed by atoms with Gasteiger partial charge in [-0.2, -0.15) is 0 Å². The lowest BCUT2D eigenvalue weighted by atomic mass is 10.0. The Kier molecular flexibility index (Phi) is 5.02. The lowest BCUT2D eigenvalue weighted by Gasteiger charge is -2.24.